The van der Waals surface area contributed by atoms with Crippen LogP contribution in [0.3, 0.4) is 0 Å². The number of amides is 1. The van der Waals surface area contributed by atoms with E-state index in [4.69, 9.17) is 5.73 Å². The molecule has 18 heavy (non-hydrogen) atoms. The number of hydrogen-bond acceptors (Lipinski definition) is 3. The molecule has 4 nitrogen and oxygen atoms in total. The van der Waals surface area contributed by atoms with Crippen molar-refractivity contribution in [3.8, 4) is 0 Å². The Morgan fingerprint density at radius 2 is 2.06 bits per heavy atom. The molecule has 0 spiro atoms. The lowest BCUT2D eigenvalue weighted by Crippen LogP contribution is -2.45. The average molecular weight is 256 g/mol. The molecule has 0 aromatic carbocycles. The summed E-state index contributed by atoms with van der Waals surface area (Å²) in [5, 5.41) is 12.8. The Hall–Kier alpha value is -0.610. The molecule has 0 bridgehead atoms. The molecule has 1 saturated carbocycles. The molecule has 4 N–H and O–H groups in total. The van der Waals surface area contributed by atoms with Gasteiger partial charge in [0.25, 0.3) is 0 Å². The van der Waals surface area contributed by atoms with Crippen molar-refractivity contribution in [2.45, 2.75) is 64.5 Å². The summed E-state index contributed by atoms with van der Waals surface area (Å²) in [5.41, 5.74) is 5.70. The summed E-state index contributed by atoms with van der Waals surface area (Å²) in [5.74, 6) is 0.856. The largest absolute Gasteiger partial charge is 0.391 e. The fourth-order valence-corrected chi connectivity index (χ4v) is 2.74. The van der Waals surface area contributed by atoms with Crippen molar-refractivity contribution in [3.63, 3.8) is 0 Å². The van der Waals surface area contributed by atoms with E-state index in [1.165, 1.54) is 0 Å². The minimum atomic E-state index is -0.371. The first-order valence-corrected chi connectivity index (χ1v) is 7.20. The molecule has 1 amide bonds. The van der Waals surface area contributed by atoms with Crippen molar-refractivity contribution < 1.29 is 9.90 Å². The molecular formula is C14H28N2O2. The zero-order valence-corrected chi connectivity index (χ0v) is 11.7. The molecule has 3 atom stereocenters. The Bertz CT molecular complexity index is 256. The van der Waals surface area contributed by atoms with E-state index in [-0.39, 0.29) is 24.0 Å². The van der Waals surface area contributed by atoms with E-state index in [2.05, 4.69) is 19.2 Å². The van der Waals surface area contributed by atoms with E-state index in [0.29, 0.717) is 18.9 Å². The second-order valence-corrected chi connectivity index (χ2v) is 5.96. The van der Waals surface area contributed by atoms with E-state index in [9.17, 15) is 9.90 Å². The number of carbonyl (C=O) groups excluding carboxylic acids is 1. The summed E-state index contributed by atoms with van der Waals surface area (Å²) >= 11 is 0. The second-order valence-electron chi connectivity index (χ2n) is 5.96. The van der Waals surface area contributed by atoms with Crippen molar-refractivity contribution in [2.24, 2.45) is 17.6 Å². The average Bonchev–Trinajstić information content (AvgIpc) is 2.30. The molecule has 0 heterocycles. The molecule has 0 saturated heterocycles. The number of nitrogens with one attached hydrogen (secondary N) is 1. The minimum Gasteiger partial charge on any atom is -0.391 e. The van der Waals surface area contributed by atoms with Crippen LogP contribution in [-0.2, 0) is 4.79 Å². The molecule has 0 aromatic rings. The predicted molar refractivity (Wildman–Crippen MR) is 73.0 cm³/mol. The van der Waals surface area contributed by atoms with Gasteiger partial charge in [0, 0.05) is 6.42 Å². The lowest BCUT2D eigenvalue weighted by molar-refractivity contribution is -0.124. The Kier molecular flexibility index (Phi) is 6.65. The molecule has 0 aliphatic heterocycles. The Morgan fingerprint density at radius 1 is 1.39 bits per heavy atom. The maximum atomic E-state index is 11.9. The number of aliphatic hydroxyl groups is 1. The molecule has 2 unspecified atom stereocenters. The van der Waals surface area contributed by atoms with Gasteiger partial charge in [-0.1, -0.05) is 26.7 Å². The lowest BCUT2D eigenvalue weighted by atomic mass is 9.91. The maximum Gasteiger partial charge on any atom is 0.220 e. The molecule has 0 radical (unpaired) electrons. The summed E-state index contributed by atoms with van der Waals surface area (Å²) in [6, 6.07) is -0.0521. The summed E-state index contributed by atoms with van der Waals surface area (Å²) < 4.78 is 0. The predicted octanol–water partition coefficient (Wildman–Crippen LogP) is 1.42. The summed E-state index contributed by atoms with van der Waals surface area (Å²) in [6.45, 7) is 4.84. The quantitative estimate of drug-likeness (QED) is 0.672. The monoisotopic (exact) mass is 256 g/mol. The highest BCUT2D eigenvalue weighted by Crippen LogP contribution is 2.19. The highest BCUT2D eigenvalue weighted by molar-refractivity contribution is 5.76. The van der Waals surface area contributed by atoms with Crippen molar-refractivity contribution >= 4 is 5.91 Å². The smallest absolute Gasteiger partial charge is 0.220 e. The van der Waals surface area contributed by atoms with Crippen molar-refractivity contribution in [1.29, 1.82) is 0 Å². The Morgan fingerprint density at radius 3 is 2.61 bits per heavy atom. The highest BCUT2D eigenvalue weighted by atomic mass is 16.3. The van der Waals surface area contributed by atoms with E-state index in [1.807, 2.05) is 0 Å². The normalized spacial score (nSPS) is 26.1. The summed E-state index contributed by atoms with van der Waals surface area (Å²) in [7, 11) is 0. The molecule has 0 aromatic heterocycles. The van der Waals surface area contributed by atoms with E-state index in [1.54, 1.807) is 0 Å². The third-order valence-corrected chi connectivity index (χ3v) is 3.69. The van der Waals surface area contributed by atoms with Gasteiger partial charge in [-0.25, -0.2) is 0 Å². The van der Waals surface area contributed by atoms with Gasteiger partial charge in [0.15, 0.2) is 0 Å². The molecule has 1 rings (SSSR count). The van der Waals surface area contributed by atoms with Crippen LogP contribution >= 0.6 is 0 Å². The van der Waals surface area contributed by atoms with Crippen LogP contribution < -0.4 is 11.1 Å². The Balaban J connectivity index is 2.34. The van der Waals surface area contributed by atoms with Gasteiger partial charge in [-0.15, -0.1) is 0 Å². The minimum absolute atomic E-state index is 0.0389. The summed E-state index contributed by atoms with van der Waals surface area (Å²) in [6.07, 6.45) is 4.95. The molecule has 1 aliphatic rings. The second kappa shape index (κ2) is 7.74. The van der Waals surface area contributed by atoms with Crippen LogP contribution in [0.15, 0.2) is 0 Å². The SMILES string of the molecule is CC(C)C[C@H](CN)CC(=O)NC1CCCCC1O. The lowest BCUT2D eigenvalue weighted by Gasteiger charge is -2.29. The van der Waals surface area contributed by atoms with Crippen LogP contribution in [0.5, 0.6) is 0 Å². The first kappa shape index (κ1) is 15.4. The molecule has 4 heteroatoms. The van der Waals surface area contributed by atoms with Crippen LogP contribution in [-0.4, -0.2) is 29.7 Å². The molecule has 1 fully saturated rings. The van der Waals surface area contributed by atoms with Gasteiger partial charge in [-0.3, -0.25) is 4.79 Å². The van der Waals surface area contributed by atoms with Crippen molar-refractivity contribution in [3.05, 3.63) is 0 Å². The van der Waals surface area contributed by atoms with Gasteiger partial charge >= 0.3 is 0 Å². The van der Waals surface area contributed by atoms with Crippen LogP contribution in [0.2, 0.25) is 0 Å². The zero-order valence-electron chi connectivity index (χ0n) is 11.7. The topological polar surface area (TPSA) is 75.4 Å². The third kappa shape index (κ3) is 5.36. The van der Waals surface area contributed by atoms with Gasteiger partial charge in [0.05, 0.1) is 12.1 Å². The maximum absolute atomic E-state index is 11.9. The van der Waals surface area contributed by atoms with Crippen LogP contribution in [0.25, 0.3) is 0 Å². The molecule has 106 valence electrons. The first-order valence-electron chi connectivity index (χ1n) is 7.20. The van der Waals surface area contributed by atoms with Gasteiger partial charge in [0.2, 0.25) is 5.91 Å². The number of carbonyl (C=O) groups is 1. The standard InChI is InChI=1S/C14H28N2O2/c1-10(2)7-11(9-15)8-14(18)16-12-5-3-4-6-13(12)17/h10-13,17H,3-9,15H2,1-2H3,(H,16,18)/t11-,12?,13?/m0/s1. The van der Waals surface area contributed by atoms with Crippen LogP contribution in [0, 0.1) is 11.8 Å². The fourth-order valence-electron chi connectivity index (χ4n) is 2.74. The fraction of sp³-hybridized carbons (Fsp3) is 0.929. The number of hydrogen-bond donors (Lipinski definition) is 3. The number of nitrogens with two attached hydrogens (primary N) is 1. The zero-order chi connectivity index (χ0) is 13.5. The van der Waals surface area contributed by atoms with Crippen LogP contribution in [0.1, 0.15) is 52.4 Å². The van der Waals surface area contributed by atoms with Gasteiger partial charge in [-0.2, -0.15) is 0 Å². The first-order chi connectivity index (χ1) is 8.52. The van der Waals surface area contributed by atoms with Gasteiger partial charge in [0.1, 0.15) is 0 Å². The van der Waals surface area contributed by atoms with Crippen molar-refractivity contribution in [1.82, 2.24) is 5.32 Å². The number of aliphatic hydroxyl groups excluding tert-OH is 1. The van der Waals surface area contributed by atoms with Crippen LogP contribution in [0.4, 0.5) is 0 Å². The number of rotatable bonds is 6. The Labute approximate surface area is 110 Å². The van der Waals surface area contributed by atoms with Gasteiger partial charge < -0.3 is 16.2 Å². The third-order valence-electron chi connectivity index (χ3n) is 3.69. The molecule has 1 aliphatic carbocycles. The molecular weight excluding hydrogens is 228 g/mol. The van der Waals surface area contributed by atoms with Gasteiger partial charge in [-0.05, 0) is 37.6 Å². The van der Waals surface area contributed by atoms with E-state index >= 15 is 0 Å². The highest BCUT2D eigenvalue weighted by Gasteiger charge is 2.25. The van der Waals surface area contributed by atoms with E-state index in [0.717, 1.165) is 32.1 Å². The van der Waals surface area contributed by atoms with Crippen molar-refractivity contribution in [2.75, 3.05) is 6.54 Å². The van der Waals surface area contributed by atoms with E-state index < -0.39 is 0 Å². The summed E-state index contributed by atoms with van der Waals surface area (Å²) in [4.78, 5) is 11.9.